The topological polar surface area (TPSA) is 65.0 Å². The summed E-state index contributed by atoms with van der Waals surface area (Å²) in [5, 5.41) is 3.25. The largest absolute Gasteiger partial charge is 0.456 e. The number of rotatable bonds is 5. The molecule has 12 rings (SSSR count). The van der Waals surface area contributed by atoms with E-state index in [1.807, 2.05) is 78.9 Å². The van der Waals surface area contributed by atoms with Gasteiger partial charge in [0.15, 0.2) is 17.5 Å². The average Bonchev–Trinajstić information content (AvgIpc) is 4.08. The highest BCUT2D eigenvalue weighted by molar-refractivity contribution is 7.26. The highest BCUT2D eigenvalue weighted by Gasteiger charge is 2.23. The van der Waals surface area contributed by atoms with Crippen molar-refractivity contribution in [2.24, 2.45) is 0 Å². The van der Waals surface area contributed by atoms with Gasteiger partial charge in [0.25, 0.3) is 0 Å². The lowest BCUT2D eigenvalue weighted by Crippen LogP contribution is -2.00. The van der Waals surface area contributed by atoms with Crippen LogP contribution in [-0.2, 0) is 0 Å². The molecule has 5 nitrogen and oxygen atoms in total. The Bertz CT molecular complexity index is 4220. The molecule has 0 saturated heterocycles. The summed E-state index contributed by atoms with van der Waals surface area (Å²) >= 11 is 1.06. The number of para-hydroxylation sites is 3. The van der Waals surface area contributed by atoms with Crippen LogP contribution in [0.1, 0.15) is 16.4 Å². The van der Waals surface area contributed by atoms with Gasteiger partial charge in [-0.3, -0.25) is 0 Å². The normalized spacial score (nSPS) is 14.8. The zero-order valence-corrected chi connectivity index (χ0v) is 30.2. The van der Waals surface area contributed by atoms with Crippen LogP contribution >= 0.6 is 11.3 Å². The van der Waals surface area contributed by atoms with Crippen molar-refractivity contribution in [3.8, 4) is 56.4 Å². The molecular formula is C51H29N3O2S. The molecule has 4 aromatic heterocycles. The third-order valence-electron chi connectivity index (χ3n) is 10.1. The highest BCUT2D eigenvalue weighted by atomic mass is 32.1. The minimum atomic E-state index is -0.543. The van der Waals surface area contributed by atoms with Crippen LogP contribution in [0.5, 0.6) is 0 Å². The molecule has 8 aromatic carbocycles. The lowest BCUT2D eigenvalue weighted by molar-refractivity contribution is 0.669. The molecule has 0 aliphatic heterocycles. The molecule has 0 saturated carbocycles. The van der Waals surface area contributed by atoms with Gasteiger partial charge in [0.05, 0.1) is 22.0 Å². The molecule has 12 aromatic rings. The second-order valence-electron chi connectivity index (χ2n) is 13.4. The molecule has 0 fully saturated rings. The van der Waals surface area contributed by atoms with E-state index in [9.17, 15) is 1.37 Å². The second kappa shape index (κ2) is 12.6. The van der Waals surface area contributed by atoms with Crippen LogP contribution in [0.3, 0.4) is 0 Å². The summed E-state index contributed by atoms with van der Waals surface area (Å²) in [6.45, 7) is 0. The van der Waals surface area contributed by atoms with E-state index >= 15 is 0 Å². The van der Waals surface area contributed by atoms with Gasteiger partial charge in [0.2, 0.25) is 0 Å². The summed E-state index contributed by atoms with van der Waals surface area (Å²) in [6.07, 6.45) is 0. The third kappa shape index (κ3) is 5.04. The average molecular weight is 760 g/mol. The number of aromatic nitrogens is 3. The summed E-state index contributed by atoms with van der Waals surface area (Å²) in [5.41, 5.74) is 4.77. The van der Waals surface area contributed by atoms with Gasteiger partial charge < -0.3 is 8.83 Å². The lowest BCUT2D eigenvalue weighted by atomic mass is 9.93. The molecule has 0 amide bonds. The SMILES string of the molecule is [2H]c1c([2H])c([2H])c(-c2nc(-c3ccccc3)nc(-c3cccc4c3oc3c(-c5cc(-c6c([2H])c([2H])c([2H])c7c6sc6c([2H])c([2H])c([2H])c([2H])c67)cc6oc7ccccc7c56)cccc34)n2)c([2H])c1[2H]. The van der Waals surface area contributed by atoms with Crippen LogP contribution in [-0.4, -0.2) is 15.0 Å². The molecule has 0 radical (unpaired) electrons. The number of nitrogens with zero attached hydrogens (tertiary/aromatic N) is 3. The van der Waals surface area contributed by atoms with Crippen LogP contribution in [0.25, 0.3) is 120 Å². The van der Waals surface area contributed by atoms with Gasteiger partial charge in [0, 0.05) is 58.4 Å². The smallest absolute Gasteiger partial charge is 0.167 e. The van der Waals surface area contributed by atoms with E-state index in [0.29, 0.717) is 60.2 Å². The van der Waals surface area contributed by atoms with Crippen molar-refractivity contribution in [2.45, 2.75) is 0 Å². The first-order chi connectivity index (χ1) is 33.2. The van der Waals surface area contributed by atoms with Crippen molar-refractivity contribution in [1.82, 2.24) is 15.0 Å². The van der Waals surface area contributed by atoms with Crippen molar-refractivity contribution in [1.29, 1.82) is 0 Å². The Balaban J connectivity index is 1.13. The Hall–Kier alpha value is -7.41. The molecule has 266 valence electrons. The number of benzene rings is 8. The van der Waals surface area contributed by atoms with E-state index in [0.717, 1.165) is 27.5 Å². The van der Waals surface area contributed by atoms with E-state index in [-0.39, 0.29) is 68.2 Å². The Morgan fingerprint density at radius 1 is 0.421 bits per heavy atom. The minimum absolute atomic E-state index is 0.121. The molecule has 0 bridgehead atoms. The predicted octanol–water partition coefficient (Wildman–Crippen LogP) is 14.4. The Morgan fingerprint density at radius 2 is 1.11 bits per heavy atom. The summed E-state index contributed by atoms with van der Waals surface area (Å²) in [4.78, 5) is 14.3. The fourth-order valence-electron chi connectivity index (χ4n) is 7.64. The van der Waals surface area contributed by atoms with Gasteiger partial charge in [-0.25, -0.2) is 15.0 Å². The summed E-state index contributed by atoms with van der Waals surface area (Å²) in [5.74, 6) is 0.212. The molecular weight excluding hydrogens is 719 g/mol. The van der Waals surface area contributed by atoms with Crippen LogP contribution in [0.4, 0.5) is 0 Å². The van der Waals surface area contributed by atoms with E-state index in [1.165, 1.54) is 0 Å². The maximum Gasteiger partial charge on any atom is 0.167 e. The lowest BCUT2D eigenvalue weighted by Gasteiger charge is -2.10. The molecule has 0 unspecified atom stereocenters. The van der Waals surface area contributed by atoms with Crippen molar-refractivity contribution in [3.05, 3.63) is 176 Å². The van der Waals surface area contributed by atoms with Gasteiger partial charge in [-0.1, -0.05) is 145 Å². The number of fused-ring (bicyclic) bond motifs is 9. The Kier molecular flexibility index (Phi) is 4.90. The van der Waals surface area contributed by atoms with E-state index < -0.39 is 48.3 Å². The number of thiophene rings is 1. The summed E-state index contributed by atoms with van der Waals surface area (Å²) in [6, 6.07) is 26.6. The number of furan rings is 2. The molecule has 0 aliphatic rings. The van der Waals surface area contributed by atoms with Gasteiger partial charge in [0.1, 0.15) is 22.3 Å². The Morgan fingerprint density at radius 3 is 1.96 bits per heavy atom. The fraction of sp³-hybridized carbons (Fsp3) is 0. The maximum atomic E-state index is 9.33. The van der Waals surface area contributed by atoms with Crippen LogP contribution < -0.4 is 0 Å². The quantitative estimate of drug-likeness (QED) is 0.175. The van der Waals surface area contributed by atoms with E-state index in [2.05, 4.69) is 4.98 Å². The van der Waals surface area contributed by atoms with Gasteiger partial charge in [-0.2, -0.15) is 0 Å². The highest BCUT2D eigenvalue weighted by Crippen LogP contribution is 2.47. The predicted molar refractivity (Wildman–Crippen MR) is 234 cm³/mol. The Labute approximate surface area is 347 Å². The van der Waals surface area contributed by atoms with Gasteiger partial charge in [-0.05, 0) is 47.0 Å². The standard InChI is InChI=1S/C51H29N3O2S/c1-3-14-30(15-4-1)49-52-50(31-16-5-2-6-17-31)54-51(53-49)40-25-13-22-36-35-21-12-23-37(46(35)56-47(36)40)41-28-32(29-43-45(41)39-19-7-9-26-42(39)55-43)33-20-11-24-38-34-18-8-10-27-44(34)57-48(33)38/h1-29H/i1D,3D,4D,8D,10D,11D,14D,15D,18D,20D,24D,27D. The van der Waals surface area contributed by atoms with Gasteiger partial charge >= 0.3 is 0 Å². The van der Waals surface area contributed by atoms with Crippen LogP contribution in [0, 0.1) is 0 Å². The fourth-order valence-corrected chi connectivity index (χ4v) is 8.73. The van der Waals surface area contributed by atoms with Gasteiger partial charge in [-0.15, -0.1) is 11.3 Å². The molecule has 0 atom stereocenters. The zero-order chi connectivity index (χ0) is 47.9. The molecule has 0 aliphatic carbocycles. The van der Waals surface area contributed by atoms with Crippen molar-refractivity contribution in [3.63, 3.8) is 0 Å². The molecule has 0 spiro atoms. The number of hydrogen-bond donors (Lipinski definition) is 0. The third-order valence-corrected chi connectivity index (χ3v) is 11.3. The molecule has 0 N–H and O–H groups in total. The van der Waals surface area contributed by atoms with E-state index in [1.54, 1.807) is 24.3 Å². The molecule has 57 heavy (non-hydrogen) atoms. The first kappa shape index (κ1) is 22.2. The first-order valence-electron chi connectivity index (χ1n) is 23.9. The zero-order valence-electron chi connectivity index (χ0n) is 41.4. The van der Waals surface area contributed by atoms with E-state index in [4.69, 9.17) is 33.9 Å². The molecule has 4 heterocycles. The maximum absolute atomic E-state index is 9.33. The first-order valence-corrected chi connectivity index (χ1v) is 18.8. The second-order valence-corrected chi connectivity index (χ2v) is 14.4. The minimum Gasteiger partial charge on any atom is -0.456 e. The summed E-state index contributed by atoms with van der Waals surface area (Å²) < 4.78 is 118. The van der Waals surface area contributed by atoms with Crippen LogP contribution in [0.2, 0.25) is 0 Å². The summed E-state index contributed by atoms with van der Waals surface area (Å²) in [7, 11) is 0. The van der Waals surface area contributed by atoms with Crippen molar-refractivity contribution < 1.29 is 25.3 Å². The van der Waals surface area contributed by atoms with Crippen molar-refractivity contribution >= 4 is 75.4 Å². The van der Waals surface area contributed by atoms with Crippen molar-refractivity contribution in [2.75, 3.05) is 0 Å². The monoisotopic (exact) mass is 759 g/mol. The number of hydrogen-bond acceptors (Lipinski definition) is 6. The molecule has 6 heteroatoms. The van der Waals surface area contributed by atoms with Crippen LogP contribution in [0.15, 0.2) is 184 Å².